The van der Waals surface area contributed by atoms with Crippen molar-refractivity contribution in [3.63, 3.8) is 0 Å². The summed E-state index contributed by atoms with van der Waals surface area (Å²) < 4.78 is 13.3. The SMILES string of the molecule is CSC[C@@H](C)C(=O)Nc1c(O)cccc1F. The first kappa shape index (κ1) is 12.8. The number of thioether (sulfide) groups is 1. The smallest absolute Gasteiger partial charge is 0.228 e. The molecule has 1 rings (SSSR count). The predicted molar refractivity (Wildman–Crippen MR) is 64.2 cm³/mol. The van der Waals surface area contributed by atoms with Crippen molar-refractivity contribution in [1.82, 2.24) is 0 Å². The summed E-state index contributed by atoms with van der Waals surface area (Å²) >= 11 is 1.54. The van der Waals surface area contributed by atoms with Crippen molar-refractivity contribution in [2.45, 2.75) is 6.92 Å². The van der Waals surface area contributed by atoms with Crippen molar-refractivity contribution in [1.29, 1.82) is 0 Å². The van der Waals surface area contributed by atoms with Crippen LogP contribution in [0.4, 0.5) is 10.1 Å². The highest BCUT2D eigenvalue weighted by Crippen LogP contribution is 2.26. The Labute approximate surface area is 98.1 Å². The summed E-state index contributed by atoms with van der Waals surface area (Å²) in [6, 6.07) is 3.90. The maximum absolute atomic E-state index is 13.3. The number of anilines is 1. The Morgan fingerprint density at radius 3 is 2.88 bits per heavy atom. The zero-order chi connectivity index (χ0) is 12.1. The van der Waals surface area contributed by atoms with Crippen LogP contribution in [0.15, 0.2) is 18.2 Å². The summed E-state index contributed by atoms with van der Waals surface area (Å²) in [6.45, 7) is 1.75. The number of benzene rings is 1. The van der Waals surface area contributed by atoms with E-state index >= 15 is 0 Å². The van der Waals surface area contributed by atoms with Gasteiger partial charge in [0.2, 0.25) is 5.91 Å². The van der Waals surface area contributed by atoms with Gasteiger partial charge in [0.05, 0.1) is 0 Å². The number of carbonyl (C=O) groups excluding carboxylic acids is 1. The quantitative estimate of drug-likeness (QED) is 0.799. The molecule has 3 nitrogen and oxygen atoms in total. The monoisotopic (exact) mass is 243 g/mol. The van der Waals surface area contributed by atoms with Gasteiger partial charge in [-0.3, -0.25) is 4.79 Å². The second-order valence-electron chi connectivity index (χ2n) is 3.48. The molecule has 0 saturated heterocycles. The van der Waals surface area contributed by atoms with Gasteiger partial charge in [-0.05, 0) is 18.4 Å². The molecule has 0 aliphatic rings. The first-order valence-electron chi connectivity index (χ1n) is 4.83. The highest BCUT2D eigenvalue weighted by Gasteiger charge is 2.16. The molecule has 0 heterocycles. The van der Waals surface area contributed by atoms with Gasteiger partial charge in [0.25, 0.3) is 0 Å². The number of nitrogens with one attached hydrogen (secondary N) is 1. The van der Waals surface area contributed by atoms with Crippen molar-refractivity contribution in [3.8, 4) is 5.75 Å². The number of phenolic OH excluding ortho intramolecular Hbond substituents is 1. The van der Waals surface area contributed by atoms with Gasteiger partial charge in [0, 0.05) is 11.7 Å². The van der Waals surface area contributed by atoms with Gasteiger partial charge >= 0.3 is 0 Å². The molecule has 1 aromatic carbocycles. The summed E-state index contributed by atoms with van der Waals surface area (Å²) in [5.74, 6) is -0.765. The van der Waals surface area contributed by atoms with Gasteiger partial charge in [0.15, 0.2) is 5.82 Å². The molecule has 1 amide bonds. The largest absolute Gasteiger partial charge is 0.506 e. The Morgan fingerprint density at radius 1 is 1.62 bits per heavy atom. The van der Waals surface area contributed by atoms with E-state index in [1.165, 1.54) is 30.0 Å². The molecule has 88 valence electrons. The number of para-hydroxylation sites is 1. The van der Waals surface area contributed by atoms with E-state index in [4.69, 9.17) is 0 Å². The number of hydrogen-bond donors (Lipinski definition) is 2. The van der Waals surface area contributed by atoms with Gasteiger partial charge in [-0.2, -0.15) is 11.8 Å². The lowest BCUT2D eigenvalue weighted by atomic mass is 10.2. The lowest BCUT2D eigenvalue weighted by Crippen LogP contribution is -2.22. The zero-order valence-corrected chi connectivity index (χ0v) is 9.97. The molecule has 0 bridgehead atoms. The first-order valence-corrected chi connectivity index (χ1v) is 6.23. The highest BCUT2D eigenvalue weighted by atomic mass is 32.2. The molecule has 0 saturated carbocycles. The van der Waals surface area contributed by atoms with Gasteiger partial charge in [-0.1, -0.05) is 13.0 Å². The van der Waals surface area contributed by atoms with Crippen LogP contribution < -0.4 is 5.32 Å². The average molecular weight is 243 g/mol. The Balaban J connectivity index is 2.77. The summed E-state index contributed by atoms with van der Waals surface area (Å²) in [4.78, 5) is 11.6. The standard InChI is InChI=1S/C11H14FNO2S/c1-7(6-16-2)11(15)13-10-8(12)4-3-5-9(10)14/h3-5,7,14H,6H2,1-2H3,(H,13,15)/t7-/m1/s1. The predicted octanol–water partition coefficient (Wildman–Crippen LogP) is 2.47. The molecule has 16 heavy (non-hydrogen) atoms. The van der Waals surface area contributed by atoms with E-state index in [1.54, 1.807) is 6.92 Å². The second-order valence-corrected chi connectivity index (χ2v) is 4.39. The lowest BCUT2D eigenvalue weighted by molar-refractivity contribution is -0.118. The number of carbonyl (C=O) groups is 1. The van der Waals surface area contributed by atoms with E-state index in [9.17, 15) is 14.3 Å². The molecule has 1 aromatic rings. The van der Waals surface area contributed by atoms with E-state index in [-0.39, 0.29) is 23.3 Å². The summed E-state index contributed by atoms with van der Waals surface area (Å²) in [6.07, 6.45) is 1.89. The Morgan fingerprint density at radius 2 is 2.31 bits per heavy atom. The van der Waals surface area contributed by atoms with E-state index < -0.39 is 5.82 Å². The number of hydrogen-bond acceptors (Lipinski definition) is 3. The van der Waals surface area contributed by atoms with Gasteiger partial charge in [-0.15, -0.1) is 0 Å². The molecule has 0 aromatic heterocycles. The number of halogens is 1. The molecule has 2 N–H and O–H groups in total. The van der Waals surface area contributed by atoms with Crippen molar-refractivity contribution >= 4 is 23.4 Å². The fraction of sp³-hybridized carbons (Fsp3) is 0.364. The molecule has 0 radical (unpaired) electrons. The fourth-order valence-corrected chi connectivity index (χ4v) is 1.86. The van der Waals surface area contributed by atoms with Crippen LogP contribution in [0.2, 0.25) is 0 Å². The second kappa shape index (κ2) is 5.75. The van der Waals surface area contributed by atoms with E-state index in [2.05, 4.69) is 5.32 Å². The van der Waals surface area contributed by atoms with E-state index in [0.717, 1.165) is 0 Å². The molecule has 1 atom stereocenters. The zero-order valence-electron chi connectivity index (χ0n) is 9.16. The molecule has 0 spiro atoms. The third kappa shape index (κ3) is 3.13. The van der Waals surface area contributed by atoms with Crippen molar-refractivity contribution in [3.05, 3.63) is 24.0 Å². The Kier molecular flexibility index (Phi) is 4.61. The minimum absolute atomic E-state index is 0.152. The molecule has 0 unspecified atom stereocenters. The Hall–Kier alpha value is -1.23. The van der Waals surface area contributed by atoms with Crippen LogP contribution in [0.25, 0.3) is 0 Å². The fourth-order valence-electron chi connectivity index (χ4n) is 1.21. The first-order chi connectivity index (χ1) is 7.56. The third-order valence-corrected chi connectivity index (χ3v) is 2.94. The normalized spacial score (nSPS) is 12.2. The van der Waals surface area contributed by atoms with Crippen LogP contribution in [-0.4, -0.2) is 23.0 Å². The van der Waals surface area contributed by atoms with Gasteiger partial charge in [0.1, 0.15) is 11.4 Å². The van der Waals surface area contributed by atoms with Gasteiger partial charge in [-0.25, -0.2) is 4.39 Å². The van der Waals surface area contributed by atoms with Gasteiger partial charge < -0.3 is 10.4 Å². The average Bonchev–Trinajstić information content (AvgIpc) is 2.23. The minimum atomic E-state index is -0.635. The summed E-state index contributed by atoms with van der Waals surface area (Å²) in [5.41, 5.74) is -0.152. The van der Waals surface area contributed by atoms with Crippen LogP contribution >= 0.6 is 11.8 Å². The number of amides is 1. The van der Waals surface area contributed by atoms with Crippen molar-refractivity contribution in [2.24, 2.45) is 5.92 Å². The van der Waals surface area contributed by atoms with E-state index in [1.807, 2.05) is 6.26 Å². The topological polar surface area (TPSA) is 49.3 Å². The molecule has 0 fully saturated rings. The highest BCUT2D eigenvalue weighted by molar-refractivity contribution is 7.98. The molecule has 0 aliphatic carbocycles. The number of rotatable bonds is 4. The van der Waals surface area contributed by atoms with Crippen molar-refractivity contribution in [2.75, 3.05) is 17.3 Å². The number of aromatic hydroxyl groups is 1. The van der Waals surface area contributed by atoms with Crippen LogP contribution in [0.3, 0.4) is 0 Å². The van der Waals surface area contributed by atoms with Crippen LogP contribution in [-0.2, 0) is 4.79 Å². The molecule has 0 aliphatic heterocycles. The maximum Gasteiger partial charge on any atom is 0.228 e. The van der Waals surface area contributed by atoms with E-state index in [0.29, 0.717) is 5.75 Å². The minimum Gasteiger partial charge on any atom is -0.506 e. The summed E-state index contributed by atoms with van der Waals surface area (Å²) in [7, 11) is 0. The maximum atomic E-state index is 13.3. The Bertz CT molecular complexity index is 364. The number of phenols is 1. The van der Waals surface area contributed by atoms with Crippen LogP contribution in [0.1, 0.15) is 6.92 Å². The molecule has 5 heteroatoms. The van der Waals surface area contributed by atoms with Crippen LogP contribution in [0.5, 0.6) is 5.75 Å². The summed E-state index contributed by atoms with van der Waals surface area (Å²) in [5, 5.41) is 11.8. The van der Waals surface area contributed by atoms with Crippen LogP contribution in [0, 0.1) is 11.7 Å². The third-order valence-electron chi connectivity index (χ3n) is 2.10. The molecular formula is C11H14FNO2S. The molecular weight excluding hydrogens is 229 g/mol. The van der Waals surface area contributed by atoms with Crippen molar-refractivity contribution < 1.29 is 14.3 Å². The lowest BCUT2D eigenvalue weighted by Gasteiger charge is -2.12.